The number of carbonyl (C=O) groups is 2. The monoisotopic (exact) mass is 500 g/mol. The van der Waals surface area contributed by atoms with Crippen LogP contribution < -0.4 is 4.74 Å². The summed E-state index contributed by atoms with van der Waals surface area (Å²) in [7, 11) is 3.88. The number of carbonyl (C=O) groups excluding carboxylic acids is 2. The Labute approximate surface area is 217 Å². The van der Waals surface area contributed by atoms with Gasteiger partial charge >= 0.3 is 0 Å². The van der Waals surface area contributed by atoms with Gasteiger partial charge in [-0.1, -0.05) is 36.4 Å². The van der Waals surface area contributed by atoms with Crippen molar-refractivity contribution in [2.24, 2.45) is 0 Å². The van der Waals surface area contributed by atoms with Gasteiger partial charge in [-0.3, -0.25) is 9.59 Å². The van der Waals surface area contributed by atoms with Crippen molar-refractivity contribution >= 4 is 17.4 Å². The van der Waals surface area contributed by atoms with Gasteiger partial charge in [-0.05, 0) is 87.1 Å². The largest absolute Gasteiger partial charge is 0.508 e. The molecule has 2 N–H and O–H groups in total. The Morgan fingerprint density at radius 2 is 1.73 bits per heavy atom. The summed E-state index contributed by atoms with van der Waals surface area (Å²) in [5.74, 6) is -1.02. The third kappa shape index (κ3) is 5.84. The molecule has 0 aromatic heterocycles. The normalized spacial score (nSPS) is 17.0. The summed E-state index contributed by atoms with van der Waals surface area (Å²) in [6.07, 6.45) is 0.655. The van der Waals surface area contributed by atoms with E-state index in [-0.39, 0.29) is 17.1 Å². The Morgan fingerprint density at radius 3 is 2.41 bits per heavy atom. The number of rotatable bonds is 9. The van der Waals surface area contributed by atoms with Gasteiger partial charge in [0.25, 0.3) is 11.7 Å². The van der Waals surface area contributed by atoms with Crippen LogP contribution in [0.15, 0.2) is 78.4 Å². The molecular weight excluding hydrogens is 468 g/mol. The Hall–Kier alpha value is -4.10. The van der Waals surface area contributed by atoms with E-state index in [1.54, 1.807) is 36.4 Å². The lowest BCUT2D eigenvalue weighted by molar-refractivity contribution is -0.139. The minimum atomic E-state index is -0.800. The van der Waals surface area contributed by atoms with Gasteiger partial charge in [0.2, 0.25) is 0 Å². The van der Waals surface area contributed by atoms with Crippen LogP contribution in [0, 0.1) is 6.92 Å². The molecule has 1 fully saturated rings. The molecule has 7 heteroatoms. The number of benzene rings is 3. The number of aryl methyl sites for hydroxylation is 1. The number of likely N-dealkylation sites (tertiary alicyclic amines) is 1. The molecule has 3 aromatic carbocycles. The molecule has 0 unspecified atom stereocenters. The lowest BCUT2D eigenvalue weighted by atomic mass is 9.95. The quantitative estimate of drug-likeness (QED) is 0.253. The Bertz CT molecular complexity index is 1310. The van der Waals surface area contributed by atoms with E-state index in [9.17, 15) is 19.8 Å². The number of ether oxygens (including phenoxy) is 1. The first kappa shape index (κ1) is 26.0. The van der Waals surface area contributed by atoms with E-state index in [0.717, 1.165) is 17.7 Å². The average molecular weight is 501 g/mol. The smallest absolute Gasteiger partial charge is 0.295 e. The highest BCUT2D eigenvalue weighted by atomic mass is 16.5. The number of aliphatic hydroxyl groups excluding tert-OH is 1. The number of Topliss-reactive ketones (excluding diaryl/α,β-unsaturated/α-hetero) is 1. The van der Waals surface area contributed by atoms with Crippen LogP contribution in [0.5, 0.6) is 11.5 Å². The molecule has 1 aliphatic heterocycles. The molecule has 1 atom stereocenters. The van der Waals surface area contributed by atoms with Crippen LogP contribution in [-0.2, 0) is 16.2 Å². The molecular formula is C30H32N2O5. The maximum atomic E-state index is 13.1. The highest BCUT2D eigenvalue weighted by molar-refractivity contribution is 6.46. The zero-order valence-electron chi connectivity index (χ0n) is 21.3. The second kappa shape index (κ2) is 11.3. The molecule has 3 aromatic rings. The second-order valence-corrected chi connectivity index (χ2v) is 9.48. The lowest BCUT2D eigenvalue weighted by Gasteiger charge is -2.26. The summed E-state index contributed by atoms with van der Waals surface area (Å²) in [6, 6.07) is 20.4. The fourth-order valence-corrected chi connectivity index (χ4v) is 4.51. The highest BCUT2D eigenvalue weighted by Crippen LogP contribution is 2.40. The molecule has 1 saturated heterocycles. The van der Waals surface area contributed by atoms with Crippen molar-refractivity contribution in [2.75, 3.05) is 27.2 Å². The SMILES string of the molecule is Cc1ccccc1COc1ccc(C(O)=C2C(=O)C(=O)N(CCCN(C)C)[C@H]2c2cccc(O)c2)cc1. The van der Waals surface area contributed by atoms with Crippen molar-refractivity contribution in [1.82, 2.24) is 9.80 Å². The molecule has 0 radical (unpaired) electrons. The first-order valence-electron chi connectivity index (χ1n) is 12.3. The first-order valence-corrected chi connectivity index (χ1v) is 12.3. The number of phenolic OH excluding ortho intramolecular Hbond substituents is 1. The van der Waals surface area contributed by atoms with E-state index >= 15 is 0 Å². The zero-order chi connectivity index (χ0) is 26.5. The summed E-state index contributed by atoms with van der Waals surface area (Å²) in [4.78, 5) is 29.7. The number of hydrogen-bond donors (Lipinski definition) is 2. The van der Waals surface area contributed by atoms with E-state index in [1.165, 1.54) is 17.0 Å². The fraction of sp³-hybridized carbons (Fsp3) is 0.267. The van der Waals surface area contributed by atoms with Crippen molar-refractivity contribution in [2.45, 2.75) is 26.0 Å². The number of aromatic hydroxyl groups is 1. The summed E-state index contributed by atoms with van der Waals surface area (Å²) in [6.45, 7) is 3.51. The third-order valence-electron chi connectivity index (χ3n) is 6.51. The van der Waals surface area contributed by atoms with Crippen LogP contribution in [0.1, 0.15) is 34.7 Å². The van der Waals surface area contributed by atoms with Gasteiger partial charge in [0.1, 0.15) is 23.9 Å². The molecule has 37 heavy (non-hydrogen) atoms. The molecule has 0 bridgehead atoms. The number of nitrogens with zero attached hydrogens (tertiary/aromatic N) is 2. The van der Waals surface area contributed by atoms with E-state index in [1.807, 2.05) is 50.2 Å². The van der Waals surface area contributed by atoms with Gasteiger partial charge < -0.3 is 24.7 Å². The lowest BCUT2D eigenvalue weighted by Crippen LogP contribution is -2.32. The minimum absolute atomic E-state index is 0.00836. The summed E-state index contributed by atoms with van der Waals surface area (Å²) in [5.41, 5.74) is 3.19. The van der Waals surface area contributed by atoms with Crippen LogP contribution in [0.3, 0.4) is 0 Å². The maximum absolute atomic E-state index is 13.1. The molecule has 0 saturated carbocycles. The number of aliphatic hydroxyl groups is 1. The maximum Gasteiger partial charge on any atom is 0.295 e. The second-order valence-electron chi connectivity index (χ2n) is 9.48. The molecule has 1 heterocycles. The summed E-state index contributed by atoms with van der Waals surface area (Å²) in [5, 5.41) is 21.3. The van der Waals surface area contributed by atoms with Crippen molar-refractivity contribution in [3.63, 3.8) is 0 Å². The van der Waals surface area contributed by atoms with Crippen LogP contribution >= 0.6 is 0 Å². The minimum Gasteiger partial charge on any atom is -0.508 e. The van der Waals surface area contributed by atoms with E-state index in [2.05, 4.69) is 0 Å². The van der Waals surface area contributed by atoms with E-state index in [4.69, 9.17) is 4.74 Å². The topological polar surface area (TPSA) is 90.3 Å². The average Bonchev–Trinajstić information content (AvgIpc) is 3.13. The van der Waals surface area contributed by atoms with E-state index in [0.29, 0.717) is 36.4 Å². The van der Waals surface area contributed by atoms with Crippen LogP contribution in [0.2, 0.25) is 0 Å². The third-order valence-corrected chi connectivity index (χ3v) is 6.51. The summed E-state index contributed by atoms with van der Waals surface area (Å²) < 4.78 is 5.90. The predicted octanol–water partition coefficient (Wildman–Crippen LogP) is 4.65. The molecule has 0 spiro atoms. The van der Waals surface area contributed by atoms with Gasteiger partial charge in [0, 0.05) is 12.1 Å². The van der Waals surface area contributed by atoms with Crippen molar-refractivity contribution in [1.29, 1.82) is 0 Å². The molecule has 0 aliphatic carbocycles. The highest BCUT2D eigenvalue weighted by Gasteiger charge is 2.45. The number of ketones is 1. The first-order chi connectivity index (χ1) is 17.8. The fourth-order valence-electron chi connectivity index (χ4n) is 4.51. The van der Waals surface area contributed by atoms with Crippen molar-refractivity contribution in [3.05, 3.63) is 101 Å². The van der Waals surface area contributed by atoms with Crippen LogP contribution in [-0.4, -0.2) is 58.9 Å². The van der Waals surface area contributed by atoms with Crippen molar-refractivity contribution in [3.8, 4) is 11.5 Å². The van der Waals surface area contributed by atoms with Gasteiger partial charge in [-0.2, -0.15) is 0 Å². The van der Waals surface area contributed by atoms with E-state index < -0.39 is 17.7 Å². The Kier molecular flexibility index (Phi) is 7.94. The Balaban J connectivity index is 1.63. The van der Waals surface area contributed by atoms with Crippen LogP contribution in [0.25, 0.3) is 5.76 Å². The summed E-state index contributed by atoms with van der Waals surface area (Å²) >= 11 is 0. The standard InChI is InChI=1S/C30H32N2O5/c1-20-8-4-5-9-23(20)19-37-25-14-12-21(13-15-25)28(34)26-27(22-10-6-11-24(33)18-22)32(30(36)29(26)35)17-7-16-31(2)3/h4-6,8-15,18,27,33-34H,7,16-17,19H2,1-3H3/t27-/m0/s1. The number of amides is 1. The number of phenols is 1. The van der Waals surface area contributed by atoms with Gasteiger partial charge in [-0.15, -0.1) is 0 Å². The number of hydrogen-bond acceptors (Lipinski definition) is 6. The molecule has 1 aliphatic rings. The van der Waals surface area contributed by atoms with Gasteiger partial charge in [-0.25, -0.2) is 0 Å². The molecule has 7 nitrogen and oxygen atoms in total. The van der Waals surface area contributed by atoms with Gasteiger partial charge in [0.15, 0.2) is 0 Å². The van der Waals surface area contributed by atoms with Crippen molar-refractivity contribution < 1.29 is 24.5 Å². The molecule has 4 rings (SSSR count). The van der Waals surface area contributed by atoms with Crippen LogP contribution in [0.4, 0.5) is 0 Å². The molecule has 192 valence electrons. The molecule has 1 amide bonds. The zero-order valence-corrected chi connectivity index (χ0v) is 21.3. The van der Waals surface area contributed by atoms with Gasteiger partial charge in [0.05, 0.1) is 11.6 Å². The Morgan fingerprint density at radius 1 is 1.00 bits per heavy atom. The predicted molar refractivity (Wildman–Crippen MR) is 142 cm³/mol.